The Balaban J connectivity index is 1.76. The number of fused-ring (bicyclic) bond motifs is 1. The summed E-state index contributed by atoms with van der Waals surface area (Å²) in [5, 5.41) is 0.860. The zero-order valence-electron chi connectivity index (χ0n) is 18.0. The van der Waals surface area contributed by atoms with Gasteiger partial charge in [0.05, 0.1) is 5.56 Å². The second-order valence-corrected chi connectivity index (χ2v) is 7.86. The van der Waals surface area contributed by atoms with Gasteiger partial charge in [0, 0.05) is 10.9 Å². The maximum atomic E-state index is 15.2. The summed E-state index contributed by atoms with van der Waals surface area (Å²) in [5.74, 6) is -8.64. The Bertz CT molecular complexity index is 1380. The molecule has 0 fully saturated rings. The molecule has 4 aromatic carbocycles. The van der Waals surface area contributed by atoms with Gasteiger partial charge in [0.1, 0.15) is 17.5 Å². The van der Waals surface area contributed by atoms with Crippen LogP contribution in [0.1, 0.15) is 18.9 Å². The van der Waals surface area contributed by atoms with Gasteiger partial charge in [-0.3, -0.25) is 0 Å². The number of hydrogen-bond acceptors (Lipinski definition) is 1. The van der Waals surface area contributed by atoms with Gasteiger partial charge in [-0.05, 0) is 52.8 Å². The third-order valence-corrected chi connectivity index (χ3v) is 5.42. The molecule has 9 heteroatoms. The van der Waals surface area contributed by atoms with Gasteiger partial charge in [-0.1, -0.05) is 43.7 Å². The second kappa shape index (κ2) is 9.20. The Labute approximate surface area is 194 Å². The molecule has 0 aliphatic heterocycles. The first kappa shape index (κ1) is 24.5. The van der Waals surface area contributed by atoms with Crippen LogP contribution in [0.5, 0.6) is 5.75 Å². The zero-order chi connectivity index (χ0) is 25.5. The van der Waals surface area contributed by atoms with E-state index in [1.54, 1.807) is 18.2 Å². The van der Waals surface area contributed by atoms with Crippen LogP contribution in [0.2, 0.25) is 0 Å². The first-order valence-electron chi connectivity index (χ1n) is 10.4. The van der Waals surface area contributed by atoms with E-state index in [-0.39, 0.29) is 16.5 Å². The Morgan fingerprint density at radius 3 is 1.89 bits per heavy atom. The minimum Gasteiger partial charge on any atom is -0.399 e. The second-order valence-electron chi connectivity index (χ2n) is 7.86. The van der Waals surface area contributed by atoms with E-state index in [1.807, 2.05) is 13.0 Å². The predicted octanol–water partition coefficient (Wildman–Crippen LogP) is 8.72. The summed E-state index contributed by atoms with van der Waals surface area (Å²) in [6.07, 6.45) is -3.66. The molecule has 182 valence electrons. The van der Waals surface area contributed by atoms with Gasteiger partial charge in [-0.25, -0.2) is 22.0 Å². The van der Waals surface area contributed by atoms with E-state index in [4.69, 9.17) is 0 Å². The minimum atomic E-state index is -5.37. The van der Waals surface area contributed by atoms with Crippen LogP contribution in [-0.2, 0) is 6.42 Å². The molecule has 0 bridgehead atoms. The number of halogens is 8. The first-order valence-corrected chi connectivity index (χ1v) is 10.4. The van der Waals surface area contributed by atoms with E-state index in [2.05, 4.69) is 4.74 Å². The molecule has 0 amide bonds. The fourth-order valence-corrected chi connectivity index (χ4v) is 3.93. The number of rotatable bonds is 5. The fraction of sp³-hybridized carbons (Fsp3) is 0.154. The summed E-state index contributed by atoms with van der Waals surface area (Å²) in [7, 11) is 0. The highest BCUT2D eigenvalue weighted by atomic mass is 19.4. The third-order valence-electron chi connectivity index (χ3n) is 5.42. The summed E-state index contributed by atoms with van der Waals surface area (Å²) in [6.45, 7) is 2.01. The van der Waals surface area contributed by atoms with Crippen LogP contribution >= 0.6 is 0 Å². The van der Waals surface area contributed by atoms with Gasteiger partial charge in [0.2, 0.25) is 5.75 Å². The summed E-state index contributed by atoms with van der Waals surface area (Å²) < 4.78 is 113. The molecule has 1 nitrogen and oxygen atoms in total. The molecule has 0 atom stereocenters. The molecule has 0 radical (unpaired) electrons. The molecule has 0 aromatic heterocycles. The SMILES string of the molecule is CCCc1ccc2c(F)c(-c3cc(F)c(-c4cc(F)c(OC(F)(F)F)c(F)c4)c(F)c3)ccc2c1. The minimum absolute atomic E-state index is 0.101. The van der Waals surface area contributed by atoms with Crippen LogP contribution in [0.15, 0.2) is 54.6 Å². The van der Waals surface area contributed by atoms with Crippen LogP contribution in [0.4, 0.5) is 35.1 Å². The largest absolute Gasteiger partial charge is 0.573 e. The smallest absolute Gasteiger partial charge is 0.399 e. The number of alkyl halides is 3. The Morgan fingerprint density at radius 2 is 1.31 bits per heavy atom. The van der Waals surface area contributed by atoms with Crippen molar-refractivity contribution in [1.29, 1.82) is 0 Å². The maximum Gasteiger partial charge on any atom is 0.573 e. The molecule has 0 unspecified atom stereocenters. The summed E-state index contributed by atoms with van der Waals surface area (Å²) in [5.41, 5.74) is -0.844. The number of hydrogen-bond donors (Lipinski definition) is 0. The molecular weight excluding hydrogens is 480 g/mol. The highest BCUT2D eigenvalue weighted by molar-refractivity contribution is 5.89. The lowest BCUT2D eigenvalue weighted by Gasteiger charge is -2.14. The lowest BCUT2D eigenvalue weighted by molar-refractivity contribution is -0.276. The van der Waals surface area contributed by atoms with E-state index in [0.717, 1.165) is 30.5 Å². The number of aryl methyl sites for hydroxylation is 1. The summed E-state index contributed by atoms with van der Waals surface area (Å²) >= 11 is 0. The van der Waals surface area contributed by atoms with Crippen LogP contribution in [0.25, 0.3) is 33.0 Å². The molecule has 0 saturated carbocycles. The van der Waals surface area contributed by atoms with Gasteiger partial charge < -0.3 is 4.74 Å². The summed E-state index contributed by atoms with van der Waals surface area (Å²) in [6, 6.07) is 10.3. The van der Waals surface area contributed by atoms with Crippen LogP contribution in [0.3, 0.4) is 0 Å². The normalized spacial score (nSPS) is 11.8. The quantitative estimate of drug-likeness (QED) is 0.251. The molecule has 0 saturated heterocycles. The first-order chi connectivity index (χ1) is 16.5. The average molecular weight is 496 g/mol. The molecule has 0 aliphatic carbocycles. The zero-order valence-corrected chi connectivity index (χ0v) is 18.0. The lowest BCUT2D eigenvalue weighted by atomic mass is 9.95. The summed E-state index contributed by atoms with van der Waals surface area (Å²) in [4.78, 5) is 0. The molecule has 4 aromatic rings. The van der Waals surface area contributed by atoms with Crippen molar-refractivity contribution in [2.24, 2.45) is 0 Å². The van der Waals surface area contributed by atoms with Crippen molar-refractivity contribution in [2.45, 2.75) is 26.1 Å². The molecule has 35 heavy (non-hydrogen) atoms. The Morgan fingerprint density at radius 1 is 0.714 bits per heavy atom. The molecule has 0 heterocycles. The van der Waals surface area contributed by atoms with E-state index in [9.17, 15) is 30.7 Å². The van der Waals surface area contributed by atoms with Crippen LogP contribution < -0.4 is 4.74 Å². The monoisotopic (exact) mass is 496 g/mol. The molecule has 0 N–H and O–H groups in total. The lowest BCUT2D eigenvalue weighted by Crippen LogP contribution is -2.19. The number of ether oxygens (including phenoxy) is 1. The van der Waals surface area contributed by atoms with Crippen molar-refractivity contribution >= 4 is 10.8 Å². The van der Waals surface area contributed by atoms with Gasteiger partial charge >= 0.3 is 6.36 Å². The van der Waals surface area contributed by atoms with Crippen molar-refractivity contribution in [3.63, 3.8) is 0 Å². The van der Waals surface area contributed by atoms with Crippen LogP contribution in [-0.4, -0.2) is 6.36 Å². The third kappa shape index (κ3) is 4.94. The van der Waals surface area contributed by atoms with E-state index in [0.29, 0.717) is 17.5 Å². The van der Waals surface area contributed by atoms with Crippen molar-refractivity contribution in [2.75, 3.05) is 0 Å². The molecule has 4 rings (SSSR count). The van der Waals surface area contributed by atoms with E-state index >= 15 is 4.39 Å². The fourth-order valence-electron chi connectivity index (χ4n) is 3.93. The van der Waals surface area contributed by atoms with Gasteiger partial charge in [-0.2, -0.15) is 0 Å². The maximum absolute atomic E-state index is 15.2. The predicted molar refractivity (Wildman–Crippen MR) is 115 cm³/mol. The van der Waals surface area contributed by atoms with Crippen molar-refractivity contribution in [3.05, 3.63) is 89.2 Å². The average Bonchev–Trinajstić information content (AvgIpc) is 2.75. The molecule has 0 aliphatic rings. The van der Waals surface area contributed by atoms with Crippen molar-refractivity contribution in [1.82, 2.24) is 0 Å². The standard InChI is InChI=1S/C26H16F8O/c1-2-3-13-4-6-17-14(8-13)5-7-18(24(17)31)15-9-19(27)23(20(28)10-15)16-11-21(29)25(22(30)12-16)35-26(32,33)34/h4-12H,2-3H2,1H3. The molecule has 0 spiro atoms. The van der Waals surface area contributed by atoms with Gasteiger partial charge in [0.15, 0.2) is 11.6 Å². The van der Waals surface area contributed by atoms with E-state index < -0.39 is 52.3 Å². The van der Waals surface area contributed by atoms with Crippen LogP contribution in [0, 0.1) is 29.1 Å². The van der Waals surface area contributed by atoms with Crippen molar-refractivity contribution in [3.8, 4) is 28.0 Å². The van der Waals surface area contributed by atoms with Crippen molar-refractivity contribution < 1.29 is 39.9 Å². The van der Waals surface area contributed by atoms with E-state index in [1.165, 1.54) is 6.07 Å². The Kier molecular flexibility index (Phi) is 6.44. The topological polar surface area (TPSA) is 9.23 Å². The van der Waals surface area contributed by atoms with Gasteiger partial charge in [-0.15, -0.1) is 13.2 Å². The van der Waals surface area contributed by atoms with Gasteiger partial charge in [0.25, 0.3) is 0 Å². The Hall–Kier alpha value is -3.62. The molecular formula is C26H16F8O. The number of benzene rings is 4. The highest BCUT2D eigenvalue weighted by Gasteiger charge is 2.34. The highest BCUT2D eigenvalue weighted by Crippen LogP contribution is 2.37.